The lowest BCUT2D eigenvalue weighted by Crippen LogP contribution is -2.27. The molecule has 1 fully saturated rings. The fourth-order valence-corrected chi connectivity index (χ4v) is 2.66. The molecule has 0 saturated heterocycles. The molecule has 7 heteroatoms. The Labute approximate surface area is 119 Å². The minimum absolute atomic E-state index is 0.0485. The lowest BCUT2D eigenvalue weighted by Gasteiger charge is -2.05. The van der Waals surface area contributed by atoms with Gasteiger partial charge >= 0.3 is 0 Å². The van der Waals surface area contributed by atoms with E-state index in [1.54, 1.807) is 6.07 Å². The third-order valence-electron chi connectivity index (χ3n) is 3.04. The van der Waals surface area contributed by atoms with Crippen LogP contribution in [0.3, 0.4) is 0 Å². The lowest BCUT2D eigenvalue weighted by molar-refractivity contribution is 0.129. The maximum Gasteiger partial charge on any atom is 0.274 e. The van der Waals surface area contributed by atoms with Crippen LogP contribution < -0.4 is 10.0 Å². The first kappa shape index (κ1) is 15.5. The highest BCUT2D eigenvalue weighted by Gasteiger charge is 2.21. The van der Waals surface area contributed by atoms with Crippen LogP contribution in [-0.4, -0.2) is 34.7 Å². The van der Waals surface area contributed by atoms with Gasteiger partial charge in [-0.25, -0.2) is 13.1 Å². The Hall–Kier alpha value is -0.890. The van der Waals surface area contributed by atoms with Gasteiger partial charge in [0, 0.05) is 13.2 Å². The van der Waals surface area contributed by atoms with Gasteiger partial charge in [0.05, 0.1) is 13.2 Å². The summed E-state index contributed by atoms with van der Waals surface area (Å²) in [6.07, 6.45) is 2.46. The summed E-state index contributed by atoms with van der Waals surface area (Å²) in [5.74, 6) is 1.29. The van der Waals surface area contributed by atoms with Crippen LogP contribution in [0.15, 0.2) is 21.6 Å². The molecule has 0 bridgehead atoms. The maximum atomic E-state index is 11.9. The Morgan fingerprint density at radius 1 is 1.40 bits per heavy atom. The van der Waals surface area contributed by atoms with Gasteiger partial charge in [0.15, 0.2) is 0 Å². The Bertz CT molecular complexity index is 508. The molecule has 2 rings (SSSR count). The summed E-state index contributed by atoms with van der Waals surface area (Å²) in [6.45, 7) is 4.69. The molecule has 6 nitrogen and oxygen atoms in total. The molecule has 1 heterocycles. The minimum atomic E-state index is -3.57. The molecule has 114 valence electrons. The fourth-order valence-electron chi connectivity index (χ4n) is 1.70. The highest BCUT2D eigenvalue weighted by Crippen LogP contribution is 2.28. The Balaban J connectivity index is 1.74. The van der Waals surface area contributed by atoms with Crippen LogP contribution in [0.2, 0.25) is 0 Å². The van der Waals surface area contributed by atoms with E-state index in [1.807, 2.05) is 6.92 Å². The summed E-state index contributed by atoms with van der Waals surface area (Å²) in [5.41, 5.74) is 0. The molecule has 1 aromatic heterocycles. The van der Waals surface area contributed by atoms with Crippen molar-refractivity contribution in [2.45, 2.75) is 31.4 Å². The molecule has 0 radical (unpaired) electrons. The Morgan fingerprint density at radius 2 is 2.20 bits per heavy atom. The molecule has 1 aliphatic rings. The zero-order chi connectivity index (χ0) is 14.4. The van der Waals surface area contributed by atoms with E-state index in [2.05, 4.69) is 10.0 Å². The highest BCUT2D eigenvalue weighted by atomic mass is 32.2. The van der Waals surface area contributed by atoms with Crippen LogP contribution in [0, 0.1) is 5.92 Å². The third kappa shape index (κ3) is 4.90. The van der Waals surface area contributed by atoms with Gasteiger partial charge in [-0.05, 0) is 37.4 Å². The summed E-state index contributed by atoms with van der Waals surface area (Å²) in [4.78, 5) is 0. The number of furan rings is 1. The van der Waals surface area contributed by atoms with E-state index in [0.717, 1.165) is 13.2 Å². The normalized spacial score (nSPS) is 15.7. The third-order valence-corrected chi connectivity index (χ3v) is 4.37. The van der Waals surface area contributed by atoms with Crippen LogP contribution in [0.4, 0.5) is 0 Å². The summed E-state index contributed by atoms with van der Waals surface area (Å²) in [5, 5.41) is 3.03. The van der Waals surface area contributed by atoms with Crippen molar-refractivity contribution in [3.63, 3.8) is 0 Å². The molecule has 0 unspecified atom stereocenters. The van der Waals surface area contributed by atoms with E-state index in [0.29, 0.717) is 24.8 Å². The average molecular weight is 302 g/mol. The second kappa shape index (κ2) is 7.21. The van der Waals surface area contributed by atoms with Gasteiger partial charge in [0.1, 0.15) is 5.76 Å². The van der Waals surface area contributed by atoms with Crippen molar-refractivity contribution in [2.24, 2.45) is 5.92 Å². The van der Waals surface area contributed by atoms with E-state index < -0.39 is 10.0 Å². The van der Waals surface area contributed by atoms with Gasteiger partial charge in [-0.2, -0.15) is 0 Å². The van der Waals surface area contributed by atoms with E-state index in [9.17, 15) is 8.42 Å². The molecule has 0 aliphatic heterocycles. The molecule has 0 spiro atoms. The summed E-state index contributed by atoms with van der Waals surface area (Å²) in [7, 11) is -3.57. The monoisotopic (exact) mass is 302 g/mol. The van der Waals surface area contributed by atoms with Crippen LogP contribution in [0.1, 0.15) is 25.5 Å². The molecule has 2 N–H and O–H groups in total. The minimum Gasteiger partial charge on any atom is -0.447 e. The first-order chi connectivity index (χ1) is 9.62. The molecule has 0 amide bonds. The van der Waals surface area contributed by atoms with Gasteiger partial charge in [0.25, 0.3) is 10.0 Å². The second-order valence-corrected chi connectivity index (χ2v) is 6.62. The highest BCUT2D eigenvalue weighted by molar-refractivity contribution is 7.89. The topological polar surface area (TPSA) is 80.6 Å². The zero-order valence-corrected chi connectivity index (χ0v) is 12.5. The number of hydrogen-bond donors (Lipinski definition) is 2. The zero-order valence-electron chi connectivity index (χ0n) is 11.7. The van der Waals surface area contributed by atoms with Crippen LogP contribution in [-0.2, 0) is 21.3 Å². The van der Waals surface area contributed by atoms with Gasteiger partial charge in [-0.3, -0.25) is 0 Å². The largest absolute Gasteiger partial charge is 0.447 e. The quantitative estimate of drug-likeness (QED) is 0.633. The van der Waals surface area contributed by atoms with Gasteiger partial charge in [0.2, 0.25) is 5.09 Å². The Kier molecular flexibility index (Phi) is 5.59. The molecular formula is C13H22N2O4S. The van der Waals surface area contributed by atoms with Crippen molar-refractivity contribution in [1.82, 2.24) is 10.0 Å². The standard InChI is InChI=1S/C13H22N2O4S/c1-2-14-9-12-5-6-13(19-12)20(16,17)15-7-8-18-10-11-3-4-11/h5-6,11,14-15H,2-4,7-10H2,1H3. The summed E-state index contributed by atoms with van der Waals surface area (Å²) < 4.78 is 37.0. The predicted octanol–water partition coefficient (Wildman–Crippen LogP) is 1.09. The predicted molar refractivity (Wildman–Crippen MR) is 74.8 cm³/mol. The first-order valence-corrected chi connectivity index (χ1v) is 8.47. The van der Waals surface area contributed by atoms with Gasteiger partial charge < -0.3 is 14.5 Å². The Morgan fingerprint density at radius 3 is 2.90 bits per heavy atom. The number of nitrogens with one attached hydrogen (secondary N) is 2. The molecule has 20 heavy (non-hydrogen) atoms. The van der Waals surface area contributed by atoms with Crippen LogP contribution in [0.25, 0.3) is 0 Å². The second-order valence-electron chi connectivity index (χ2n) is 4.92. The van der Waals surface area contributed by atoms with Crippen molar-refractivity contribution in [3.8, 4) is 0 Å². The van der Waals surface area contributed by atoms with Crippen molar-refractivity contribution in [3.05, 3.63) is 17.9 Å². The maximum absolute atomic E-state index is 11.9. The number of rotatable bonds is 10. The smallest absolute Gasteiger partial charge is 0.274 e. The van der Waals surface area contributed by atoms with Crippen molar-refractivity contribution >= 4 is 10.0 Å². The van der Waals surface area contributed by atoms with E-state index in [-0.39, 0.29) is 11.6 Å². The molecule has 1 aromatic rings. The van der Waals surface area contributed by atoms with Gasteiger partial charge in [-0.15, -0.1) is 0 Å². The molecule has 1 saturated carbocycles. The van der Waals surface area contributed by atoms with E-state index >= 15 is 0 Å². The van der Waals surface area contributed by atoms with E-state index in [1.165, 1.54) is 18.9 Å². The summed E-state index contributed by atoms with van der Waals surface area (Å²) >= 11 is 0. The molecule has 0 atom stereocenters. The van der Waals surface area contributed by atoms with Crippen molar-refractivity contribution < 1.29 is 17.6 Å². The SMILES string of the molecule is CCNCc1ccc(S(=O)(=O)NCCOCC2CC2)o1. The first-order valence-electron chi connectivity index (χ1n) is 6.98. The molecule has 0 aromatic carbocycles. The number of hydrogen-bond acceptors (Lipinski definition) is 5. The number of sulfonamides is 1. The lowest BCUT2D eigenvalue weighted by atomic mass is 10.4. The van der Waals surface area contributed by atoms with E-state index in [4.69, 9.17) is 9.15 Å². The molecule has 1 aliphatic carbocycles. The molecular weight excluding hydrogens is 280 g/mol. The van der Waals surface area contributed by atoms with Crippen LogP contribution in [0.5, 0.6) is 0 Å². The van der Waals surface area contributed by atoms with Crippen molar-refractivity contribution in [1.29, 1.82) is 0 Å². The van der Waals surface area contributed by atoms with Crippen molar-refractivity contribution in [2.75, 3.05) is 26.3 Å². The number of ether oxygens (including phenoxy) is 1. The summed E-state index contributed by atoms with van der Waals surface area (Å²) in [6, 6.07) is 3.14. The average Bonchev–Trinajstić information content (AvgIpc) is 3.11. The van der Waals surface area contributed by atoms with Crippen LogP contribution >= 0.6 is 0 Å². The van der Waals surface area contributed by atoms with Gasteiger partial charge in [-0.1, -0.05) is 6.92 Å². The fraction of sp³-hybridized carbons (Fsp3) is 0.692.